The molecule has 6 nitrogen and oxygen atoms in total. The summed E-state index contributed by atoms with van der Waals surface area (Å²) in [6, 6.07) is 6.23. The molecule has 1 aromatic carbocycles. The molecule has 1 aromatic heterocycles. The fourth-order valence-electron chi connectivity index (χ4n) is 1.89. The molecule has 0 saturated heterocycles. The summed E-state index contributed by atoms with van der Waals surface area (Å²) in [6.45, 7) is 1.83. The molecule has 0 fully saturated rings. The predicted octanol–water partition coefficient (Wildman–Crippen LogP) is 0.699. The summed E-state index contributed by atoms with van der Waals surface area (Å²) in [5, 5.41) is 13.2. The van der Waals surface area contributed by atoms with E-state index < -0.39 is 10.0 Å². The van der Waals surface area contributed by atoms with E-state index in [-0.39, 0.29) is 18.0 Å². The highest BCUT2D eigenvalue weighted by molar-refractivity contribution is 7.89. The van der Waals surface area contributed by atoms with Crippen LogP contribution in [0, 0.1) is 6.92 Å². The first-order chi connectivity index (χ1) is 9.42. The van der Waals surface area contributed by atoms with Gasteiger partial charge >= 0.3 is 0 Å². The van der Waals surface area contributed by atoms with E-state index in [1.165, 1.54) is 12.1 Å². The Kier molecular flexibility index (Phi) is 4.22. The number of sulfonamides is 1. The van der Waals surface area contributed by atoms with Crippen LogP contribution in [0.1, 0.15) is 16.8 Å². The molecule has 0 radical (unpaired) electrons. The molecule has 7 heteroatoms. The molecular formula is C13H17N3O3S. The van der Waals surface area contributed by atoms with Gasteiger partial charge in [-0.1, -0.05) is 12.1 Å². The van der Waals surface area contributed by atoms with Crippen LogP contribution in [0.5, 0.6) is 0 Å². The Bertz CT molecular complexity index is 707. The Labute approximate surface area is 118 Å². The highest BCUT2D eigenvalue weighted by Crippen LogP contribution is 2.13. The number of benzene rings is 1. The van der Waals surface area contributed by atoms with Gasteiger partial charge in [0.25, 0.3) is 0 Å². The van der Waals surface area contributed by atoms with Gasteiger partial charge in [-0.05, 0) is 24.6 Å². The molecule has 108 valence electrons. The lowest BCUT2D eigenvalue weighted by Crippen LogP contribution is -2.23. The molecule has 1 heterocycles. The number of aliphatic hydroxyl groups is 1. The second-order valence-corrected chi connectivity index (χ2v) is 6.31. The second-order valence-electron chi connectivity index (χ2n) is 4.54. The van der Waals surface area contributed by atoms with E-state index in [9.17, 15) is 8.42 Å². The zero-order valence-corrected chi connectivity index (χ0v) is 12.2. The first-order valence-electron chi connectivity index (χ1n) is 6.11. The molecule has 2 aromatic rings. The molecule has 0 amide bonds. The van der Waals surface area contributed by atoms with Crippen molar-refractivity contribution >= 4 is 10.0 Å². The largest absolute Gasteiger partial charge is 0.392 e. The molecule has 20 heavy (non-hydrogen) atoms. The maximum Gasteiger partial charge on any atom is 0.240 e. The molecule has 0 atom stereocenters. The maximum absolute atomic E-state index is 12.2. The SMILES string of the molecule is Cc1nn(C)cc1CNS(=O)(=O)c1cccc(CO)c1. The summed E-state index contributed by atoms with van der Waals surface area (Å²) in [6.07, 6.45) is 1.78. The average Bonchev–Trinajstić information content (AvgIpc) is 2.75. The normalized spacial score (nSPS) is 11.8. The predicted molar refractivity (Wildman–Crippen MR) is 74.3 cm³/mol. The molecule has 2 N–H and O–H groups in total. The van der Waals surface area contributed by atoms with Crippen LogP contribution in [0.25, 0.3) is 0 Å². The highest BCUT2D eigenvalue weighted by Gasteiger charge is 2.15. The minimum atomic E-state index is -3.60. The number of aryl methyl sites for hydroxylation is 2. The molecule has 0 unspecified atom stereocenters. The van der Waals surface area contributed by atoms with Crippen molar-refractivity contribution in [2.45, 2.75) is 25.0 Å². The first-order valence-corrected chi connectivity index (χ1v) is 7.59. The summed E-state index contributed by atoms with van der Waals surface area (Å²) >= 11 is 0. The second kappa shape index (κ2) is 5.74. The number of hydrogen-bond donors (Lipinski definition) is 2. The quantitative estimate of drug-likeness (QED) is 0.850. The van der Waals surface area contributed by atoms with Crippen LogP contribution in [-0.2, 0) is 30.2 Å². The molecule has 2 rings (SSSR count). The van der Waals surface area contributed by atoms with Gasteiger partial charge in [-0.3, -0.25) is 4.68 Å². The Morgan fingerprint density at radius 1 is 1.40 bits per heavy atom. The smallest absolute Gasteiger partial charge is 0.240 e. The van der Waals surface area contributed by atoms with Crippen LogP contribution in [0.2, 0.25) is 0 Å². The van der Waals surface area contributed by atoms with Crippen molar-refractivity contribution in [3.05, 3.63) is 47.3 Å². The Morgan fingerprint density at radius 3 is 2.75 bits per heavy atom. The van der Waals surface area contributed by atoms with E-state index >= 15 is 0 Å². The average molecular weight is 295 g/mol. The number of aromatic nitrogens is 2. The summed E-state index contributed by atoms with van der Waals surface area (Å²) in [7, 11) is -1.81. The van der Waals surface area contributed by atoms with Gasteiger partial charge in [0.05, 0.1) is 17.2 Å². The zero-order chi connectivity index (χ0) is 14.8. The van der Waals surface area contributed by atoms with Gasteiger partial charge in [0, 0.05) is 25.4 Å². The number of rotatable bonds is 5. The molecule has 0 aliphatic carbocycles. The maximum atomic E-state index is 12.2. The minimum absolute atomic E-state index is 0.144. The molecule has 0 saturated carbocycles. The fourth-order valence-corrected chi connectivity index (χ4v) is 2.97. The first kappa shape index (κ1) is 14.7. The number of aliphatic hydroxyl groups excluding tert-OH is 1. The topological polar surface area (TPSA) is 84.2 Å². The highest BCUT2D eigenvalue weighted by atomic mass is 32.2. The van der Waals surface area contributed by atoms with E-state index in [1.807, 2.05) is 6.92 Å². The van der Waals surface area contributed by atoms with Crippen molar-refractivity contribution in [1.29, 1.82) is 0 Å². The number of hydrogen-bond acceptors (Lipinski definition) is 4. The third-order valence-electron chi connectivity index (χ3n) is 2.96. The van der Waals surface area contributed by atoms with Crippen LogP contribution in [0.15, 0.2) is 35.4 Å². The van der Waals surface area contributed by atoms with E-state index in [0.717, 1.165) is 11.3 Å². The van der Waals surface area contributed by atoms with Crippen molar-refractivity contribution in [3.8, 4) is 0 Å². The molecule has 0 aliphatic rings. The lowest BCUT2D eigenvalue weighted by atomic mass is 10.2. The fraction of sp³-hybridized carbons (Fsp3) is 0.308. The van der Waals surface area contributed by atoms with Gasteiger partial charge in [0.2, 0.25) is 10.0 Å². The lowest BCUT2D eigenvalue weighted by molar-refractivity contribution is 0.281. The number of nitrogens with zero attached hydrogens (tertiary/aromatic N) is 2. The Morgan fingerprint density at radius 2 is 2.15 bits per heavy atom. The van der Waals surface area contributed by atoms with Crippen LogP contribution >= 0.6 is 0 Å². The third-order valence-corrected chi connectivity index (χ3v) is 4.36. The lowest BCUT2D eigenvalue weighted by Gasteiger charge is -2.07. The van der Waals surface area contributed by atoms with Crippen molar-refractivity contribution in [1.82, 2.24) is 14.5 Å². The van der Waals surface area contributed by atoms with Crippen molar-refractivity contribution < 1.29 is 13.5 Å². The monoisotopic (exact) mass is 295 g/mol. The standard InChI is InChI=1S/C13H17N3O3S/c1-10-12(8-16(2)15-10)7-14-20(18,19)13-5-3-4-11(6-13)9-17/h3-6,8,14,17H,7,9H2,1-2H3. The van der Waals surface area contributed by atoms with E-state index in [1.54, 1.807) is 30.1 Å². The van der Waals surface area contributed by atoms with Crippen LogP contribution in [0.3, 0.4) is 0 Å². The van der Waals surface area contributed by atoms with E-state index in [2.05, 4.69) is 9.82 Å². The van der Waals surface area contributed by atoms with Gasteiger partial charge < -0.3 is 5.11 Å². The number of nitrogens with one attached hydrogen (secondary N) is 1. The molecular weight excluding hydrogens is 278 g/mol. The van der Waals surface area contributed by atoms with Gasteiger partial charge in [0.15, 0.2) is 0 Å². The Balaban J connectivity index is 2.17. The van der Waals surface area contributed by atoms with E-state index in [4.69, 9.17) is 5.11 Å². The van der Waals surface area contributed by atoms with Gasteiger partial charge in [0.1, 0.15) is 0 Å². The summed E-state index contributed by atoms with van der Waals surface area (Å²) < 4.78 is 28.5. The van der Waals surface area contributed by atoms with Crippen LogP contribution < -0.4 is 4.72 Å². The van der Waals surface area contributed by atoms with E-state index in [0.29, 0.717) is 5.56 Å². The van der Waals surface area contributed by atoms with Crippen molar-refractivity contribution in [2.24, 2.45) is 7.05 Å². The van der Waals surface area contributed by atoms with Crippen molar-refractivity contribution in [3.63, 3.8) is 0 Å². The minimum Gasteiger partial charge on any atom is -0.392 e. The van der Waals surface area contributed by atoms with Gasteiger partial charge in [-0.15, -0.1) is 0 Å². The van der Waals surface area contributed by atoms with Gasteiger partial charge in [-0.25, -0.2) is 13.1 Å². The van der Waals surface area contributed by atoms with Crippen molar-refractivity contribution in [2.75, 3.05) is 0 Å². The zero-order valence-electron chi connectivity index (χ0n) is 11.4. The summed E-state index contributed by atoms with van der Waals surface area (Å²) in [4.78, 5) is 0.144. The van der Waals surface area contributed by atoms with Crippen LogP contribution in [0.4, 0.5) is 0 Å². The third kappa shape index (κ3) is 3.24. The summed E-state index contributed by atoms with van der Waals surface area (Å²) in [5.74, 6) is 0. The van der Waals surface area contributed by atoms with Gasteiger partial charge in [-0.2, -0.15) is 5.10 Å². The summed E-state index contributed by atoms with van der Waals surface area (Å²) in [5.41, 5.74) is 2.18. The molecule has 0 spiro atoms. The Hall–Kier alpha value is -1.70. The molecule has 0 bridgehead atoms. The molecule has 0 aliphatic heterocycles. The van der Waals surface area contributed by atoms with Crippen LogP contribution in [-0.4, -0.2) is 23.3 Å².